The summed E-state index contributed by atoms with van der Waals surface area (Å²) in [5.74, 6) is 0.318. The number of rotatable bonds is 8. The summed E-state index contributed by atoms with van der Waals surface area (Å²) < 4.78 is 0. The Labute approximate surface area is 147 Å². The summed E-state index contributed by atoms with van der Waals surface area (Å²) in [4.78, 5) is 24.5. The lowest BCUT2D eigenvalue weighted by atomic mass is 10.1. The summed E-state index contributed by atoms with van der Waals surface area (Å²) in [5.41, 5.74) is 0.582. The normalized spacial score (nSPS) is 12.1. The van der Waals surface area contributed by atoms with Gasteiger partial charge < -0.3 is 15.5 Å². The van der Waals surface area contributed by atoms with Gasteiger partial charge in [-0.15, -0.1) is 0 Å². The van der Waals surface area contributed by atoms with Crippen molar-refractivity contribution in [1.29, 1.82) is 0 Å². The van der Waals surface area contributed by atoms with Crippen LogP contribution in [-0.4, -0.2) is 38.5 Å². The van der Waals surface area contributed by atoms with Gasteiger partial charge in [0.1, 0.15) is 0 Å². The molecular weight excluding hydrogens is 337 g/mol. The molecule has 128 valence electrons. The number of benzene rings is 1. The van der Waals surface area contributed by atoms with Crippen LogP contribution in [0.5, 0.6) is 0 Å². The van der Waals surface area contributed by atoms with Crippen LogP contribution in [0.4, 0.5) is 5.69 Å². The average Bonchev–Trinajstić information content (AvgIpc) is 2.42. The molecule has 0 aliphatic carbocycles. The zero-order valence-corrected chi connectivity index (χ0v) is 15.2. The molecule has 5 nitrogen and oxygen atoms in total. The van der Waals surface area contributed by atoms with Crippen molar-refractivity contribution in [1.82, 2.24) is 5.32 Å². The number of carbonyl (C=O) groups is 2. The molecule has 0 bridgehead atoms. The van der Waals surface area contributed by atoms with Crippen LogP contribution in [0.25, 0.3) is 0 Å². The number of hydrogen-bond acceptors (Lipinski definition) is 2. The Hall–Kier alpha value is -1.30. The third kappa shape index (κ3) is 8.21. The Morgan fingerprint density at radius 3 is 2.39 bits per heavy atom. The largest absolute Gasteiger partial charge is 0.351 e. The van der Waals surface area contributed by atoms with Crippen LogP contribution < -0.4 is 15.5 Å². The second kappa shape index (κ2) is 9.75. The molecule has 3 N–H and O–H groups in total. The van der Waals surface area contributed by atoms with Crippen molar-refractivity contribution in [3.05, 3.63) is 28.2 Å². The number of anilines is 1. The molecule has 0 aliphatic rings. The van der Waals surface area contributed by atoms with Crippen LogP contribution in [0.2, 0.25) is 10.0 Å². The Morgan fingerprint density at radius 2 is 1.78 bits per heavy atom. The minimum absolute atomic E-state index is 0.0505. The fourth-order valence-corrected chi connectivity index (χ4v) is 2.25. The molecule has 1 aromatic carbocycles. The molecule has 0 aromatic heterocycles. The number of likely N-dealkylation sites (N-methyl/N-ethyl adjacent to an activating group) is 1. The van der Waals surface area contributed by atoms with Gasteiger partial charge in [0.15, 0.2) is 13.1 Å². The number of hydrogen-bond donors (Lipinski definition) is 3. The molecule has 0 fully saturated rings. The fraction of sp³-hybridized carbons (Fsp3) is 0.500. The molecule has 0 saturated heterocycles. The molecule has 7 heteroatoms. The number of nitrogens with one attached hydrogen (secondary N) is 3. The second-order valence-electron chi connectivity index (χ2n) is 6.02. The van der Waals surface area contributed by atoms with Crippen molar-refractivity contribution in [3.8, 4) is 0 Å². The molecule has 0 heterocycles. The highest BCUT2D eigenvalue weighted by Gasteiger charge is 2.14. The van der Waals surface area contributed by atoms with E-state index < -0.39 is 0 Å². The van der Waals surface area contributed by atoms with Gasteiger partial charge in [0.25, 0.3) is 11.8 Å². The zero-order chi connectivity index (χ0) is 17.4. The van der Waals surface area contributed by atoms with Crippen molar-refractivity contribution in [2.24, 2.45) is 5.92 Å². The van der Waals surface area contributed by atoms with E-state index in [2.05, 4.69) is 24.5 Å². The molecule has 1 unspecified atom stereocenters. The molecular formula is C16H24Cl2N3O2+. The second-order valence-corrected chi connectivity index (χ2v) is 6.83. The Bertz CT molecular complexity index is 550. The molecule has 1 atom stereocenters. The summed E-state index contributed by atoms with van der Waals surface area (Å²) in [6, 6.07) is 4.90. The van der Waals surface area contributed by atoms with Crippen molar-refractivity contribution < 1.29 is 14.5 Å². The van der Waals surface area contributed by atoms with Gasteiger partial charge in [0.05, 0.1) is 17.1 Å². The maximum atomic E-state index is 12.0. The van der Waals surface area contributed by atoms with Gasteiger partial charge in [-0.2, -0.15) is 0 Å². The lowest BCUT2D eigenvalue weighted by Crippen LogP contribution is -3.11. The van der Waals surface area contributed by atoms with Gasteiger partial charge in [0.2, 0.25) is 0 Å². The van der Waals surface area contributed by atoms with Crippen molar-refractivity contribution in [3.63, 3.8) is 0 Å². The molecule has 2 amide bonds. The Kier molecular flexibility index (Phi) is 8.37. The van der Waals surface area contributed by atoms with E-state index in [0.29, 0.717) is 28.2 Å². The van der Waals surface area contributed by atoms with Gasteiger partial charge >= 0.3 is 0 Å². The van der Waals surface area contributed by atoms with E-state index in [1.54, 1.807) is 25.2 Å². The molecule has 0 saturated carbocycles. The van der Waals surface area contributed by atoms with Crippen LogP contribution in [0.15, 0.2) is 18.2 Å². The van der Waals surface area contributed by atoms with Gasteiger partial charge in [-0.05, 0) is 30.5 Å². The standard InChI is InChI=1S/C16H23Cl2N3O2/c1-11(2)6-7-19-15(22)9-21(3)10-16(23)20-12-4-5-13(17)14(18)8-12/h4-5,8,11H,6-7,9-10H2,1-3H3,(H,19,22)(H,20,23)/p+1. The number of amides is 2. The van der Waals surface area contributed by atoms with Gasteiger partial charge in [0, 0.05) is 12.2 Å². The van der Waals surface area contributed by atoms with Crippen LogP contribution in [0.3, 0.4) is 0 Å². The first-order valence-electron chi connectivity index (χ1n) is 7.60. The molecule has 1 aromatic rings. The topological polar surface area (TPSA) is 62.6 Å². The quantitative estimate of drug-likeness (QED) is 0.659. The average molecular weight is 361 g/mol. The van der Waals surface area contributed by atoms with E-state index in [1.807, 2.05) is 0 Å². The summed E-state index contributed by atoms with van der Waals surface area (Å²) >= 11 is 11.7. The van der Waals surface area contributed by atoms with Crippen molar-refractivity contribution in [2.75, 3.05) is 32.0 Å². The highest BCUT2D eigenvalue weighted by atomic mass is 35.5. The molecule has 0 spiro atoms. The number of quaternary nitrogens is 1. The highest BCUT2D eigenvalue weighted by molar-refractivity contribution is 6.42. The van der Waals surface area contributed by atoms with Crippen LogP contribution in [0.1, 0.15) is 20.3 Å². The summed E-state index contributed by atoms with van der Waals surface area (Å²) in [6.07, 6.45) is 0.947. The van der Waals surface area contributed by atoms with E-state index in [0.717, 1.165) is 11.3 Å². The smallest absolute Gasteiger partial charge is 0.279 e. The van der Waals surface area contributed by atoms with Crippen LogP contribution in [-0.2, 0) is 9.59 Å². The van der Waals surface area contributed by atoms with Crippen LogP contribution >= 0.6 is 23.2 Å². The highest BCUT2D eigenvalue weighted by Crippen LogP contribution is 2.24. The van der Waals surface area contributed by atoms with E-state index in [1.165, 1.54) is 0 Å². The van der Waals surface area contributed by atoms with Gasteiger partial charge in [-0.25, -0.2) is 0 Å². The summed E-state index contributed by atoms with van der Waals surface area (Å²) in [7, 11) is 1.80. The van der Waals surface area contributed by atoms with Gasteiger partial charge in [-0.1, -0.05) is 37.0 Å². The van der Waals surface area contributed by atoms with E-state index in [-0.39, 0.29) is 24.9 Å². The first-order chi connectivity index (χ1) is 10.8. The van der Waals surface area contributed by atoms with Crippen molar-refractivity contribution >= 4 is 40.7 Å². The van der Waals surface area contributed by atoms with E-state index in [4.69, 9.17) is 23.2 Å². The van der Waals surface area contributed by atoms with Crippen LogP contribution in [0, 0.1) is 5.92 Å². The minimum Gasteiger partial charge on any atom is -0.351 e. The first-order valence-corrected chi connectivity index (χ1v) is 8.36. The number of carbonyl (C=O) groups excluding carboxylic acids is 2. The third-order valence-electron chi connectivity index (χ3n) is 3.17. The Morgan fingerprint density at radius 1 is 1.13 bits per heavy atom. The maximum absolute atomic E-state index is 12.0. The van der Waals surface area contributed by atoms with Gasteiger partial charge in [-0.3, -0.25) is 9.59 Å². The third-order valence-corrected chi connectivity index (χ3v) is 3.91. The SMILES string of the molecule is CC(C)CCNC(=O)C[NH+](C)CC(=O)Nc1ccc(Cl)c(Cl)c1. The molecule has 23 heavy (non-hydrogen) atoms. The lowest BCUT2D eigenvalue weighted by Gasteiger charge is -2.14. The lowest BCUT2D eigenvalue weighted by molar-refractivity contribution is -0.862. The van der Waals surface area contributed by atoms with Crippen molar-refractivity contribution in [2.45, 2.75) is 20.3 Å². The monoisotopic (exact) mass is 360 g/mol. The first kappa shape index (κ1) is 19.7. The van der Waals surface area contributed by atoms with E-state index >= 15 is 0 Å². The molecule has 0 radical (unpaired) electrons. The predicted molar refractivity (Wildman–Crippen MR) is 94.2 cm³/mol. The zero-order valence-electron chi connectivity index (χ0n) is 13.7. The molecule has 1 rings (SSSR count). The Balaban J connectivity index is 2.35. The molecule has 0 aliphatic heterocycles. The maximum Gasteiger partial charge on any atom is 0.279 e. The fourth-order valence-electron chi connectivity index (χ4n) is 1.95. The minimum atomic E-state index is -0.184. The summed E-state index contributed by atoms with van der Waals surface area (Å²) in [5, 5.41) is 6.42. The predicted octanol–water partition coefficient (Wildman–Crippen LogP) is 1.61. The number of halogens is 2. The summed E-state index contributed by atoms with van der Waals surface area (Å²) in [6.45, 7) is 5.33. The van der Waals surface area contributed by atoms with E-state index in [9.17, 15) is 9.59 Å².